The fraction of sp³-hybridized carbons (Fsp3) is 0.385. The topological polar surface area (TPSA) is 61.8 Å². The van der Waals surface area contributed by atoms with Crippen molar-refractivity contribution in [1.29, 1.82) is 0 Å². The maximum Gasteiger partial charge on any atom is 0.369 e. The number of carbonyl (C=O) groups is 2. The first-order valence-corrected chi connectivity index (χ1v) is 8.52. The first-order valence-electron chi connectivity index (χ1n) is 6.20. The molecule has 0 unspecified atom stereocenters. The SMILES string of the molecule is CCO[Si](C)(OCC)c1ccc2c(c1)C(=O)OC2=O. The van der Waals surface area contributed by atoms with E-state index in [0.29, 0.717) is 24.3 Å². The molecule has 102 valence electrons. The van der Waals surface area contributed by atoms with Gasteiger partial charge in [-0.25, -0.2) is 9.59 Å². The smallest absolute Gasteiger partial charge is 0.369 e. The number of cyclic esters (lactones) is 2. The van der Waals surface area contributed by atoms with Crippen LogP contribution in [-0.2, 0) is 13.6 Å². The molecule has 0 aromatic heterocycles. The lowest BCUT2D eigenvalue weighted by molar-refractivity contribution is 0.0444. The molecule has 2 rings (SSSR count). The Morgan fingerprint density at radius 2 is 1.63 bits per heavy atom. The van der Waals surface area contributed by atoms with Gasteiger partial charge in [-0.05, 0) is 37.7 Å². The Bertz CT molecular complexity index is 520. The molecule has 19 heavy (non-hydrogen) atoms. The van der Waals surface area contributed by atoms with Gasteiger partial charge in [0.2, 0.25) is 0 Å². The number of hydrogen-bond donors (Lipinski definition) is 0. The van der Waals surface area contributed by atoms with Crippen molar-refractivity contribution in [2.24, 2.45) is 0 Å². The zero-order chi connectivity index (χ0) is 14.0. The minimum atomic E-state index is -2.54. The molecule has 1 heterocycles. The lowest BCUT2D eigenvalue weighted by Gasteiger charge is -2.26. The van der Waals surface area contributed by atoms with Gasteiger partial charge in [-0.2, -0.15) is 0 Å². The van der Waals surface area contributed by atoms with Crippen molar-refractivity contribution in [3.63, 3.8) is 0 Å². The second kappa shape index (κ2) is 5.24. The van der Waals surface area contributed by atoms with E-state index in [1.807, 2.05) is 20.4 Å². The minimum absolute atomic E-state index is 0.292. The van der Waals surface area contributed by atoms with Crippen LogP contribution in [0.25, 0.3) is 0 Å². The molecule has 0 spiro atoms. The van der Waals surface area contributed by atoms with Gasteiger partial charge in [0.15, 0.2) is 0 Å². The highest BCUT2D eigenvalue weighted by atomic mass is 28.4. The molecule has 0 amide bonds. The van der Waals surface area contributed by atoms with E-state index < -0.39 is 20.5 Å². The third-order valence-electron chi connectivity index (χ3n) is 3.01. The normalized spacial score (nSPS) is 14.5. The van der Waals surface area contributed by atoms with Crippen molar-refractivity contribution >= 4 is 25.7 Å². The fourth-order valence-electron chi connectivity index (χ4n) is 2.13. The molecule has 1 aliphatic rings. The van der Waals surface area contributed by atoms with Gasteiger partial charge in [-0.3, -0.25) is 0 Å². The second-order valence-corrected chi connectivity index (χ2v) is 7.30. The van der Waals surface area contributed by atoms with Crippen molar-refractivity contribution in [3.8, 4) is 0 Å². The molecule has 1 aromatic carbocycles. The number of rotatable bonds is 5. The predicted molar refractivity (Wildman–Crippen MR) is 70.7 cm³/mol. The largest absolute Gasteiger partial charge is 0.391 e. The summed E-state index contributed by atoms with van der Waals surface area (Å²) in [6, 6.07) is 5.03. The third kappa shape index (κ3) is 2.47. The first kappa shape index (κ1) is 13.9. The van der Waals surface area contributed by atoms with E-state index in [1.165, 1.54) is 0 Å². The Morgan fingerprint density at radius 3 is 2.21 bits per heavy atom. The summed E-state index contributed by atoms with van der Waals surface area (Å²) in [5, 5.41) is 0.821. The van der Waals surface area contributed by atoms with Crippen LogP contribution >= 0.6 is 0 Å². The van der Waals surface area contributed by atoms with Crippen LogP contribution in [0.5, 0.6) is 0 Å². The highest BCUT2D eigenvalue weighted by molar-refractivity contribution is 6.80. The summed E-state index contributed by atoms with van der Waals surface area (Å²) in [6.45, 7) is 6.78. The van der Waals surface area contributed by atoms with Crippen molar-refractivity contribution < 1.29 is 23.2 Å². The molecule has 0 fully saturated rings. The van der Waals surface area contributed by atoms with E-state index in [-0.39, 0.29) is 0 Å². The molecule has 0 N–H and O–H groups in total. The monoisotopic (exact) mass is 280 g/mol. The van der Waals surface area contributed by atoms with Crippen LogP contribution in [0.3, 0.4) is 0 Å². The van der Waals surface area contributed by atoms with Gasteiger partial charge < -0.3 is 13.6 Å². The molecule has 1 aliphatic heterocycles. The number of fused-ring (bicyclic) bond motifs is 1. The fourth-order valence-corrected chi connectivity index (χ4v) is 4.44. The summed E-state index contributed by atoms with van der Waals surface area (Å²) >= 11 is 0. The molecular formula is C13H16O5Si. The number of benzene rings is 1. The Kier molecular flexibility index (Phi) is 3.84. The molecule has 0 aliphatic carbocycles. The van der Waals surface area contributed by atoms with E-state index in [0.717, 1.165) is 5.19 Å². The van der Waals surface area contributed by atoms with E-state index in [1.54, 1.807) is 18.2 Å². The number of esters is 2. The molecule has 0 atom stereocenters. The second-order valence-electron chi connectivity index (χ2n) is 4.25. The maximum absolute atomic E-state index is 11.6. The third-order valence-corrected chi connectivity index (χ3v) is 6.05. The molecular weight excluding hydrogens is 264 g/mol. The molecule has 0 radical (unpaired) electrons. The van der Waals surface area contributed by atoms with Gasteiger partial charge in [0.05, 0.1) is 11.1 Å². The van der Waals surface area contributed by atoms with Gasteiger partial charge in [0, 0.05) is 13.2 Å². The summed E-state index contributed by atoms with van der Waals surface area (Å²) in [5.41, 5.74) is 0.596. The average Bonchev–Trinajstić information content (AvgIpc) is 2.65. The van der Waals surface area contributed by atoms with Crippen LogP contribution in [0.4, 0.5) is 0 Å². The molecule has 0 saturated carbocycles. The quantitative estimate of drug-likeness (QED) is 0.463. The molecule has 0 bridgehead atoms. The van der Waals surface area contributed by atoms with Crippen LogP contribution in [0, 0.1) is 0 Å². The van der Waals surface area contributed by atoms with Gasteiger partial charge in [-0.15, -0.1) is 0 Å². The van der Waals surface area contributed by atoms with Crippen LogP contribution in [-0.4, -0.2) is 33.7 Å². The van der Waals surface area contributed by atoms with Gasteiger partial charge >= 0.3 is 20.5 Å². The lowest BCUT2D eigenvalue weighted by atomic mass is 10.1. The standard InChI is InChI=1S/C13H16O5Si/c1-4-16-19(3,17-5-2)9-6-7-10-11(8-9)13(15)18-12(10)14/h6-8H,4-5H2,1-3H3. The van der Waals surface area contributed by atoms with Crippen LogP contribution in [0.2, 0.25) is 6.55 Å². The number of carbonyl (C=O) groups excluding carboxylic acids is 2. The average molecular weight is 280 g/mol. The van der Waals surface area contributed by atoms with Gasteiger partial charge in [0.25, 0.3) is 0 Å². The van der Waals surface area contributed by atoms with E-state index >= 15 is 0 Å². The molecule has 6 heteroatoms. The molecule has 0 saturated heterocycles. The van der Waals surface area contributed by atoms with Crippen molar-refractivity contribution in [1.82, 2.24) is 0 Å². The highest BCUT2D eigenvalue weighted by Gasteiger charge is 2.37. The highest BCUT2D eigenvalue weighted by Crippen LogP contribution is 2.20. The Balaban J connectivity index is 2.43. The summed E-state index contributed by atoms with van der Waals surface area (Å²) in [4.78, 5) is 23.0. The predicted octanol–water partition coefficient (Wildman–Crippen LogP) is 1.35. The van der Waals surface area contributed by atoms with Crippen molar-refractivity contribution in [3.05, 3.63) is 29.3 Å². The van der Waals surface area contributed by atoms with E-state index in [2.05, 4.69) is 4.74 Å². The van der Waals surface area contributed by atoms with Crippen LogP contribution in [0.15, 0.2) is 18.2 Å². The number of ether oxygens (including phenoxy) is 1. The maximum atomic E-state index is 11.6. The first-order chi connectivity index (χ1) is 9.01. The number of hydrogen-bond acceptors (Lipinski definition) is 5. The van der Waals surface area contributed by atoms with Crippen LogP contribution < -0.4 is 5.19 Å². The van der Waals surface area contributed by atoms with Gasteiger partial charge in [0.1, 0.15) is 0 Å². The summed E-state index contributed by atoms with van der Waals surface area (Å²) in [7, 11) is -2.54. The van der Waals surface area contributed by atoms with E-state index in [4.69, 9.17) is 8.85 Å². The van der Waals surface area contributed by atoms with Crippen LogP contribution in [0.1, 0.15) is 34.6 Å². The Labute approximate surface area is 112 Å². The van der Waals surface area contributed by atoms with Crippen molar-refractivity contribution in [2.45, 2.75) is 20.4 Å². The molecule has 1 aromatic rings. The Morgan fingerprint density at radius 1 is 1.05 bits per heavy atom. The summed E-state index contributed by atoms with van der Waals surface area (Å²) < 4.78 is 16.1. The van der Waals surface area contributed by atoms with E-state index in [9.17, 15) is 9.59 Å². The summed E-state index contributed by atoms with van der Waals surface area (Å²) in [6.07, 6.45) is 0. The zero-order valence-electron chi connectivity index (χ0n) is 11.2. The summed E-state index contributed by atoms with van der Waals surface area (Å²) in [5.74, 6) is -1.20. The Hall–Kier alpha value is -1.50. The zero-order valence-corrected chi connectivity index (χ0v) is 12.2. The van der Waals surface area contributed by atoms with Crippen molar-refractivity contribution in [2.75, 3.05) is 13.2 Å². The molecule has 5 nitrogen and oxygen atoms in total. The minimum Gasteiger partial charge on any atom is -0.391 e. The lowest BCUT2D eigenvalue weighted by Crippen LogP contribution is -2.51. The van der Waals surface area contributed by atoms with Gasteiger partial charge in [-0.1, -0.05) is 6.07 Å².